The van der Waals surface area contributed by atoms with Gasteiger partial charge in [0.1, 0.15) is 0 Å². The number of nitrogens with zero attached hydrogens (tertiary/aromatic N) is 2. The van der Waals surface area contributed by atoms with Crippen LogP contribution in [-0.2, 0) is 0 Å². The lowest BCUT2D eigenvalue weighted by Crippen LogP contribution is -1.90. The molecule has 0 spiro atoms. The molecule has 0 atom stereocenters. The normalized spacial score (nSPS) is 10.8. The molecule has 6 heteroatoms. The van der Waals surface area contributed by atoms with Gasteiger partial charge in [0.05, 0.1) is 10.6 Å². The van der Waals surface area contributed by atoms with Crippen molar-refractivity contribution in [2.75, 3.05) is 0 Å². The second-order valence-electron chi connectivity index (χ2n) is 3.74. The summed E-state index contributed by atoms with van der Waals surface area (Å²) in [5.41, 5.74) is 0.991. The number of hydrogen-bond donors (Lipinski definition) is 1. The van der Waals surface area contributed by atoms with Crippen LogP contribution in [0.1, 0.15) is 5.56 Å². The number of rotatable bonds is 3. The molecular weight excluding hydrogens is 359 g/mol. The van der Waals surface area contributed by atoms with E-state index in [0.717, 1.165) is 9.26 Å². The van der Waals surface area contributed by atoms with Crippen molar-refractivity contribution in [1.82, 2.24) is 0 Å². The minimum atomic E-state index is -0.627. The Morgan fingerprint density at radius 1 is 1.21 bits per heavy atom. The highest BCUT2D eigenvalue weighted by molar-refractivity contribution is 14.1. The Balaban J connectivity index is 2.26. The summed E-state index contributed by atoms with van der Waals surface area (Å²) >= 11 is 2.20. The van der Waals surface area contributed by atoms with Crippen molar-refractivity contribution in [1.29, 1.82) is 0 Å². The van der Waals surface area contributed by atoms with Gasteiger partial charge >= 0.3 is 5.69 Å². The van der Waals surface area contributed by atoms with Gasteiger partial charge in [0, 0.05) is 15.9 Å². The molecule has 0 aliphatic carbocycles. The van der Waals surface area contributed by atoms with Gasteiger partial charge in [-0.25, -0.2) is 0 Å². The first-order valence-electron chi connectivity index (χ1n) is 5.33. The van der Waals surface area contributed by atoms with Crippen LogP contribution in [0.4, 0.5) is 11.4 Å². The fourth-order valence-corrected chi connectivity index (χ4v) is 1.80. The molecule has 19 heavy (non-hydrogen) atoms. The molecule has 2 aromatic rings. The molecule has 2 aromatic carbocycles. The van der Waals surface area contributed by atoms with Crippen molar-refractivity contribution in [2.45, 2.75) is 0 Å². The maximum atomic E-state index is 10.7. The lowest BCUT2D eigenvalue weighted by molar-refractivity contribution is -0.385. The van der Waals surface area contributed by atoms with E-state index >= 15 is 0 Å². The zero-order chi connectivity index (χ0) is 13.8. The molecule has 0 aliphatic heterocycles. The third kappa shape index (κ3) is 3.50. The first kappa shape index (κ1) is 13.5. The fraction of sp³-hybridized carbons (Fsp3) is 0. The number of benzene rings is 2. The topological polar surface area (TPSA) is 75.7 Å². The van der Waals surface area contributed by atoms with E-state index < -0.39 is 4.92 Å². The summed E-state index contributed by atoms with van der Waals surface area (Å²) in [6, 6.07) is 11.7. The number of phenols is 1. The minimum absolute atomic E-state index is 0.327. The summed E-state index contributed by atoms with van der Waals surface area (Å²) in [4.78, 5) is 14.3. The van der Waals surface area contributed by atoms with Gasteiger partial charge in [-0.1, -0.05) is 0 Å². The second kappa shape index (κ2) is 5.79. The molecule has 0 unspecified atom stereocenters. The van der Waals surface area contributed by atoms with Crippen molar-refractivity contribution in [3.05, 3.63) is 61.7 Å². The molecule has 5 nitrogen and oxygen atoms in total. The molecule has 0 radical (unpaired) electrons. The summed E-state index contributed by atoms with van der Waals surface area (Å²) < 4.78 is 1.11. The van der Waals surface area contributed by atoms with Crippen molar-refractivity contribution in [3.8, 4) is 5.75 Å². The Morgan fingerprint density at radius 3 is 2.53 bits per heavy atom. The predicted molar refractivity (Wildman–Crippen MR) is 81.2 cm³/mol. The van der Waals surface area contributed by atoms with Gasteiger partial charge in [0.15, 0.2) is 5.75 Å². The quantitative estimate of drug-likeness (QED) is 0.389. The number of hydrogen-bond acceptors (Lipinski definition) is 4. The van der Waals surface area contributed by atoms with E-state index in [9.17, 15) is 15.2 Å². The summed E-state index contributed by atoms with van der Waals surface area (Å²) in [5, 5.41) is 20.0. The second-order valence-corrected chi connectivity index (χ2v) is 4.99. The largest absolute Gasteiger partial charge is 0.502 e. The molecule has 0 heterocycles. The molecule has 0 aliphatic rings. The van der Waals surface area contributed by atoms with Crippen molar-refractivity contribution in [3.63, 3.8) is 0 Å². The van der Waals surface area contributed by atoms with Crippen LogP contribution in [0.5, 0.6) is 5.75 Å². The standard InChI is InChI=1S/C13H9IN2O3/c14-10-2-4-11(5-3-10)15-8-9-1-6-13(17)12(7-9)16(18)19/h1-8,17H. The maximum Gasteiger partial charge on any atom is 0.311 e. The van der Waals surface area contributed by atoms with Crippen LogP contribution in [0.3, 0.4) is 0 Å². The molecule has 0 fully saturated rings. The van der Waals surface area contributed by atoms with Crippen LogP contribution >= 0.6 is 22.6 Å². The van der Waals surface area contributed by atoms with Crippen LogP contribution < -0.4 is 0 Å². The van der Waals surface area contributed by atoms with Gasteiger partial charge in [0.25, 0.3) is 0 Å². The summed E-state index contributed by atoms with van der Waals surface area (Å²) in [7, 11) is 0. The molecule has 0 aromatic heterocycles. The van der Waals surface area contributed by atoms with Crippen LogP contribution in [0, 0.1) is 13.7 Å². The highest BCUT2D eigenvalue weighted by Crippen LogP contribution is 2.25. The van der Waals surface area contributed by atoms with Gasteiger partial charge in [0.2, 0.25) is 0 Å². The van der Waals surface area contributed by atoms with E-state index in [2.05, 4.69) is 27.6 Å². The SMILES string of the molecule is O=[N+]([O-])c1cc(C=Nc2ccc(I)cc2)ccc1O. The molecular formula is C13H9IN2O3. The minimum Gasteiger partial charge on any atom is -0.502 e. The average molecular weight is 368 g/mol. The Kier molecular flexibility index (Phi) is 4.10. The van der Waals surface area contributed by atoms with Gasteiger partial charge < -0.3 is 5.11 Å². The van der Waals surface area contributed by atoms with Crippen molar-refractivity contribution in [2.24, 2.45) is 4.99 Å². The highest BCUT2D eigenvalue weighted by atomic mass is 127. The smallest absolute Gasteiger partial charge is 0.311 e. The van der Waals surface area contributed by atoms with E-state index in [1.165, 1.54) is 18.3 Å². The van der Waals surface area contributed by atoms with E-state index in [1.54, 1.807) is 6.07 Å². The Morgan fingerprint density at radius 2 is 1.89 bits per heavy atom. The number of nitro benzene ring substituents is 1. The molecule has 2 rings (SSSR count). The first-order valence-corrected chi connectivity index (χ1v) is 6.41. The first-order chi connectivity index (χ1) is 9.06. The molecule has 0 saturated carbocycles. The Hall–Kier alpha value is -1.96. The van der Waals surface area contributed by atoms with E-state index in [4.69, 9.17) is 0 Å². The van der Waals surface area contributed by atoms with Crippen LogP contribution in [-0.4, -0.2) is 16.2 Å². The van der Waals surface area contributed by atoms with Crippen LogP contribution in [0.15, 0.2) is 47.5 Å². The zero-order valence-electron chi connectivity index (χ0n) is 9.65. The molecule has 96 valence electrons. The molecule has 0 saturated heterocycles. The lowest BCUT2D eigenvalue weighted by atomic mass is 10.2. The van der Waals surface area contributed by atoms with Crippen LogP contribution in [0.2, 0.25) is 0 Å². The van der Waals surface area contributed by atoms with Crippen molar-refractivity contribution >= 4 is 40.2 Å². The third-order valence-electron chi connectivity index (χ3n) is 2.39. The fourth-order valence-electron chi connectivity index (χ4n) is 1.44. The Labute approximate surface area is 122 Å². The highest BCUT2D eigenvalue weighted by Gasteiger charge is 2.12. The predicted octanol–water partition coefficient (Wildman–Crippen LogP) is 3.66. The van der Waals surface area contributed by atoms with Crippen molar-refractivity contribution < 1.29 is 10.0 Å². The van der Waals surface area contributed by atoms with Gasteiger partial charge in [-0.3, -0.25) is 15.1 Å². The number of aromatic hydroxyl groups is 1. The molecule has 0 amide bonds. The lowest BCUT2D eigenvalue weighted by Gasteiger charge is -1.98. The maximum absolute atomic E-state index is 10.7. The van der Waals surface area contributed by atoms with Gasteiger partial charge in [-0.2, -0.15) is 0 Å². The zero-order valence-corrected chi connectivity index (χ0v) is 11.8. The van der Waals surface area contributed by atoms with Crippen LogP contribution in [0.25, 0.3) is 0 Å². The van der Waals surface area contributed by atoms with Gasteiger partial charge in [-0.15, -0.1) is 0 Å². The average Bonchev–Trinajstić information content (AvgIpc) is 2.39. The van der Waals surface area contributed by atoms with E-state index in [0.29, 0.717) is 5.56 Å². The molecule has 1 N–H and O–H groups in total. The monoisotopic (exact) mass is 368 g/mol. The number of phenolic OH excluding ortho intramolecular Hbond substituents is 1. The number of halogens is 1. The number of nitro groups is 1. The number of aliphatic imine (C=N–C) groups is 1. The van der Waals surface area contributed by atoms with Gasteiger partial charge in [-0.05, 0) is 64.6 Å². The summed E-state index contributed by atoms with van der Waals surface area (Å²) in [6.45, 7) is 0. The molecule has 0 bridgehead atoms. The summed E-state index contributed by atoms with van der Waals surface area (Å²) in [5.74, 6) is -0.351. The summed E-state index contributed by atoms with van der Waals surface area (Å²) in [6.07, 6.45) is 1.52. The van der Waals surface area contributed by atoms with E-state index in [-0.39, 0.29) is 11.4 Å². The van der Waals surface area contributed by atoms with E-state index in [1.807, 2.05) is 24.3 Å². The third-order valence-corrected chi connectivity index (χ3v) is 3.10. The Bertz CT molecular complexity index is 639.